The van der Waals surface area contributed by atoms with Crippen molar-refractivity contribution in [1.29, 1.82) is 0 Å². The molecule has 0 bridgehead atoms. The Morgan fingerprint density at radius 3 is 2.48 bits per heavy atom. The molecular formula is C17H23FN2O3. The monoisotopic (exact) mass is 322 g/mol. The lowest BCUT2D eigenvalue weighted by Crippen LogP contribution is -2.40. The molecule has 0 spiro atoms. The van der Waals surface area contributed by atoms with E-state index < -0.39 is 5.97 Å². The molecule has 1 atom stereocenters. The first-order valence-corrected chi connectivity index (χ1v) is 8.08. The lowest BCUT2D eigenvalue weighted by atomic mass is 9.91. The molecule has 2 rings (SSSR count). The second kappa shape index (κ2) is 8.50. The number of amides is 2. The number of hydrogen-bond acceptors (Lipinski definition) is 2. The van der Waals surface area contributed by atoms with E-state index >= 15 is 0 Å². The summed E-state index contributed by atoms with van der Waals surface area (Å²) < 4.78 is 13.1. The summed E-state index contributed by atoms with van der Waals surface area (Å²) in [5.74, 6) is -0.815. The van der Waals surface area contributed by atoms with Crippen LogP contribution in [0, 0.1) is 11.7 Å². The summed E-state index contributed by atoms with van der Waals surface area (Å²) in [6, 6.07) is 5.79. The number of carbonyl (C=O) groups excluding carboxylic acids is 1. The van der Waals surface area contributed by atoms with E-state index in [1.165, 1.54) is 12.1 Å². The first kappa shape index (κ1) is 17.2. The van der Waals surface area contributed by atoms with Crippen LogP contribution >= 0.6 is 0 Å². The van der Waals surface area contributed by atoms with Crippen molar-refractivity contribution < 1.29 is 19.1 Å². The first-order valence-electron chi connectivity index (χ1n) is 8.08. The summed E-state index contributed by atoms with van der Waals surface area (Å²) in [6.45, 7) is 0.318. The molecule has 0 radical (unpaired) electrons. The number of carboxylic acid groups (broad SMARTS) is 1. The van der Waals surface area contributed by atoms with Crippen LogP contribution in [0.5, 0.6) is 0 Å². The highest BCUT2D eigenvalue weighted by Gasteiger charge is 2.27. The van der Waals surface area contributed by atoms with Crippen LogP contribution < -0.4 is 10.6 Å². The molecule has 6 heteroatoms. The van der Waals surface area contributed by atoms with Crippen LogP contribution in [-0.4, -0.2) is 23.7 Å². The largest absolute Gasteiger partial charge is 0.481 e. The molecular weight excluding hydrogens is 299 g/mol. The Labute approximate surface area is 135 Å². The van der Waals surface area contributed by atoms with Gasteiger partial charge in [-0.1, -0.05) is 25.0 Å². The minimum absolute atomic E-state index is 0.0320. The maximum absolute atomic E-state index is 13.1. The molecule has 5 nitrogen and oxygen atoms in total. The van der Waals surface area contributed by atoms with Crippen LogP contribution in [0.4, 0.5) is 9.18 Å². The van der Waals surface area contributed by atoms with Crippen molar-refractivity contribution >= 4 is 12.0 Å². The number of benzene rings is 1. The van der Waals surface area contributed by atoms with Gasteiger partial charge < -0.3 is 15.7 Å². The van der Waals surface area contributed by atoms with Gasteiger partial charge in [-0.15, -0.1) is 0 Å². The predicted octanol–water partition coefficient (Wildman–Crippen LogP) is 3.22. The van der Waals surface area contributed by atoms with Crippen molar-refractivity contribution in [3.8, 4) is 0 Å². The SMILES string of the molecule is O=C(O)CCCNC(=O)NC(c1ccc(F)cc1)C1CCCC1. The number of carboxylic acids is 1. The third-order valence-corrected chi connectivity index (χ3v) is 4.24. The summed E-state index contributed by atoms with van der Waals surface area (Å²) in [5.41, 5.74) is 0.902. The Bertz CT molecular complexity index is 527. The number of nitrogens with one attached hydrogen (secondary N) is 2. The molecule has 1 aliphatic carbocycles. The number of hydrogen-bond donors (Lipinski definition) is 3. The first-order chi connectivity index (χ1) is 11.1. The molecule has 2 amide bonds. The summed E-state index contributed by atoms with van der Waals surface area (Å²) in [7, 11) is 0. The Morgan fingerprint density at radius 1 is 1.22 bits per heavy atom. The fourth-order valence-electron chi connectivity index (χ4n) is 3.07. The highest BCUT2D eigenvalue weighted by atomic mass is 19.1. The number of carbonyl (C=O) groups is 2. The van der Waals surface area contributed by atoms with Crippen molar-refractivity contribution in [1.82, 2.24) is 10.6 Å². The fraction of sp³-hybridized carbons (Fsp3) is 0.529. The van der Waals surface area contributed by atoms with Gasteiger partial charge in [0.2, 0.25) is 0 Å². The smallest absolute Gasteiger partial charge is 0.315 e. The maximum atomic E-state index is 13.1. The molecule has 1 aliphatic rings. The van der Waals surface area contributed by atoms with E-state index in [9.17, 15) is 14.0 Å². The van der Waals surface area contributed by atoms with Crippen molar-refractivity contribution in [3.05, 3.63) is 35.6 Å². The highest BCUT2D eigenvalue weighted by Crippen LogP contribution is 2.35. The zero-order valence-electron chi connectivity index (χ0n) is 13.1. The van der Waals surface area contributed by atoms with Gasteiger partial charge in [-0.2, -0.15) is 0 Å². The Morgan fingerprint density at radius 2 is 1.87 bits per heavy atom. The predicted molar refractivity (Wildman–Crippen MR) is 84.5 cm³/mol. The molecule has 0 aromatic heterocycles. The van der Waals surface area contributed by atoms with Crippen LogP contribution in [0.15, 0.2) is 24.3 Å². The van der Waals surface area contributed by atoms with Gasteiger partial charge in [0.15, 0.2) is 0 Å². The summed E-state index contributed by atoms with van der Waals surface area (Å²) in [6.07, 6.45) is 4.80. The zero-order chi connectivity index (χ0) is 16.7. The van der Waals surface area contributed by atoms with Crippen LogP contribution in [0.1, 0.15) is 50.1 Å². The number of urea groups is 1. The van der Waals surface area contributed by atoms with Gasteiger partial charge in [0.25, 0.3) is 0 Å². The molecule has 0 aliphatic heterocycles. The minimum Gasteiger partial charge on any atom is -0.481 e. The maximum Gasteiger partial charge on any atom is 0.315 e. The molecule has 1 unspecified atom stereocenters. The normalized spacial score (nSPS) is 16.0. The van der Waals surface area contributed by atoms with Gasteiger partial charge in [-0.3, -0.25) is 4.79 Å². The second-order valence-corrected chi connectivity index (χ2v) is 5.97. The van der Waals surface area contributed by atoms with Gasteiger partial charge in [-0.05, 0) is 42.9 Å². The van der Waals surface area contributed by atoms with E-state index in [4.69, 9.17) is 5.11 Å². The standard InChI is InChI=1S/C17H23FN2O3/c18-14-9-7-13(8-10-14)16(12-4-1-2-5-12)20-17(23)19-11-3-6-15(21)22/h7-10,12,16H,1-6,11H2,(H,21,22)(H2,19,20,23). The van der Waals surface area contributed by atoms with E-state index in [0.717, 1.165) is 31.2 Å². The molecule has 3 N–H and O–H groups in total. The van der Waals surface area contributed by atoms with Gasteiger partial charge in [0.1, 0.15) is 5.82 Å². The molecule has 1 fully saturated rings. The molecule has 0 saturated heterocycles. The molecule has 1 saturated carbocycles. The third-order valence-electron chi connectivity index (χ3n) is 4.24. The molecule has 23 heavy (non-hydrogen) atoms. The number of aliphatic carboxylic acids is 1. The Kier molecular flexibility index (Phi) is 6.38. The number of rotatable bonds is 7. The van der Waals surface area contributed by atoms with E-state index in [0.29, 0.717) is 18.9 Å². The number of halogens is 1. The van der Waals surface area contributed by atoms with Crippen LogP contribution in [-0.2, 0) is 4.79 Å². The molecule has 126 valence electrons. The van der Waals surface area contributed by atoms with E-state index in [1.54, 1.807) is 12.1 Å². The average molecular weight is 322 g/mol. The lowest BCUT2D eigenvalue weighted by Gasteiger charge is -2.25. The van der Waals surface area contributed by atoms with E-state index in [-0.39, 0.29) is 24.3 Å². The van der Waals surface area contributed by atoms with Gasteiger partial charge in [0, 0.05) is 13.0 Å². The molecule has 1 aromatic carbocycles. The minimum atomic E-state index is -0.873. The van der Waals surface area contributed by atoms with Crippen molar-refractivity contribution in [2.75, 3.05) is 6.54 Å². The molecule has 0 heterocycles. The van der Waals surface area contributed by atoms with Crippen molar-refractivity contribution in [3.63, 3.8) is 0 Å². The highest BCUT2D eigenvalue weighted by molar-refractivity contribution is 5.74. The van der Waals surface area contributed by atoms with E-state index in [1.807, 2.05) is 0 Å². The third kappa shape index (κ3) is 5.54. The molecule has 1 aromatic rings. The topological polar surface area (TPSA) is 78.4 Å². The van der Waals surface area contributed by atoms with E-state index in [2.05, 4.69) is 10.6 Å². The average Bonchev–Trinajstić information content (AvgIpc) is 3.04. The lowest BCUT2D eigenvalue weighted by molar-refractivity contribution is -0.137. The quantitative estimate of drug-likeness (QED) is 0.674. The van der Waals surface area contributed by atoms with Crippen molar-refractivity contribution in [2.24, 2.45) is 5.92 Å². The fourth-order valence-corrected chi connectivity index (χ4v) is 3.07. The zero-order valence-corrected chi connectivity index (χ0v) is 13.1. The van der Waals surface area contributed by atoms with Crippen LogP contribution in [0.25, 0.3) is 0 Å². The Hall–Kier alpha value is -2.11. The van der Waals surface area contributed by atoms with Crippen molar-refractivity contribution in [2.45, 2.75) is 44.6 Å². The van der Waals surface area contributed by atoms with Gasteiger partial charge in [-0.25, -0.2) is 9.18 Å². The van der Waals surface area contributed by atoms with Crippen LogP contribution in [0.2, 0.25) is 0 Å². The van der Waals surface area contributed by atoms with Gasteiger partial charge >= 0.3 is 12.0 Å². The summed E-state index contributed by atoms with van der Waals surface area (Å²) in [4.78, 5) is 22.5. The second-order valence-electron chi connectivity index (χ2n) is 5.97. The summed E-state index contributed by atoms with van der Waals surface area (Å²) >= 11 is 0. The van der Waals surface area contributed by atoms with Crippen LogP contribution in [0.3, 0.4) is 0 Å². The van der Waals surface area contributed by atoms with Gasteiger partial charge in [0.05, 0.1) is 6.04 Å². The summed E-state index contributed by atoms with van der Waals surface area (Å²) in [5, 5.41) is 14.2. The Balaban J connectivity index is 1.93.